The Morgan fingerprint density at radius 2 is 1.77 bits per heavy atom. The molecule has 0 bridgehead atoms. The Labute approximate surface area is 186 Å². The Kier molecular flexibility index (Phi) is 5.94. The summed E-state index contributed by atoms with van der Waals surface area (Å²) < 4.78 is 0. The first-order chi connectivity index (χ1) is 14.5. The van der Waals surface area contributed by atoms with Crippen LogP contribution in [0.2, 0.25) is 5.02 Å². The predicted molar refractivity (Wildman–Crippen MR) is 124 cm³/mol. The second kappa shape index (κ2) is 8.79. The normalized spacial score (nSPS) is 10.6. The molecule has 0 unspecified atom stereocenters. The van der Waals surface area contributed by atoms with E-state index in [1.807, 2.05) is 41.9 Å². The predicted octanol–water partition coefficient (Wildman–Crippen LogP) is 6.34. The van der Waals surface area contributed by atoms with Crippen LogP contribution in [-0.2, 0) is 0 Å². The van der Waals surface area contributed by atoms with Crippen LogP contribution in [0, 0.1) is 6.92 Å². The highest BCUT2D eigenvalue weighted by Crippen LogP contribution is 2.27. The number of nitrogens with zero attached hydrogens (tertiary/aromatic N) is 1. The van der Waals surface area contributed by atoms with Gasteiger partial charge in [-0.1, -0.05) is 47.5 Å². The molecule has 2 N–H and O–H groups in total. The molecule has 2 heterocycles. The number of nitrogens with one attached hydrogen (secondary N) is 2. The van der Waals surface area contributed by atoms with Crippen molar-refractivity contribution in [2.45, 2.75) is 6.92 Å². The van der Waals surface area contributed by atoms with Crippen LogP contribution in [0.4, 0.5) is 10.8 Å². The minimum atomic E-state index is -0.330. The van der Waals surface area contributed by atoms with Gasteiger partial charge in [0.2, 0.25) is 0 Å². The molecule has 8 heteroatoms. The van der Waals surface area contributed by atoms with Gasteiger partial charge in [-0.05, 0) is 36.6 Å². The van der Waals surface area contributed by atoms with Crippen molar-refractivity contribution in [1.29, 1.82) is 0 Å². The number of hydrogen-bond acceptors (Lipinski definition) is 5. The molecule has 4 rings (SSSR count). The molecule has 4 aromatic rings. The fraction of sp³-hybridized carbons (Fsp3) is 0.0455. The van der Waals surface area contributed by atoms with Crippen LogP contribution in [0.25, 0.3) is 11.3 Å². The summed E-state index contributed by atoms with van der Waals surface area (Å²) in [7, 11) is 0. The summed E-state index contributed by atoms with van der Waals surface area (Å²) >= 11 is 8.87. The third-order valence-electron chi connectivity index (χ3n) is 4.29. The minimum absolute atomic E-state index is 0.271. The maximum atomic E-state index is 12.7. The van der Waals surface area contributed by atoms with Gasteiger partial charge in [-0.3, -0.25) is 14.9 Å². The van der Waals surface area contributed by atoms with E-state index < -0.39 is 0 Å². The van der Waals surface area contributed by atoms with Crippen LogP contribution in [0.1, 0.15) is 25.6 Å². The van der Waals surface area contributed by atoms with Crippen LogP contribution in [0.5, 0.6) is 0 Å². The van der Waals surface area contributed by atoms with E-state index >= 15 is 0 Å². The molecular formula is C22H16ClN3O2S2. The standard InChI is InChI=1S/C22H16ClN3O2S2/c1-13-4-6-14(7-5-13)18-12-30-22(25-18)26-20(27)15-8-9-16(23)17(11-15)24-21(28)19-3-2-10-29-19/h2-12H,1H3,(H,24,28)(H,25,26,27). The number of halogens is 1. The van der Waals surface area contributed by atoms with Gasteiger partial charge >= 0.3 is 0 Å². The van der Waals surface area contributed by atoms with Crippen molar-refractivity contribution in [3.63, 3.8) is 0 Å². The van der Waals surface area contributed by atoms with Gasteiger partial charge in [-0.15, -0.1) is 22.7 Å². The second-order valence-corrected chi connectivity index (χ2v) is 8.70. The Balaban J connectivity index is 1.48. The first kappa shape index (κ1) is 20.3. The zero-order chi connectivity index (χ0) is 21.1. The number of aromatic nitrogens is 1. The lowest BCUT2D eigenvalue weighted by Crippen LogP contribution is -2.14. The first-order valence-corrected chi connectivity index (χ1v) is 11.1. The average molecular weight is 454 g/mol. The summed E-state index contributed by atoms with van der Waals surface area (Å²) in [4.78, 5) is 30.0. The zero-order valence-electron chi connectivity index (χ0n) is 15.8. The van der Waals surface area contributed by atoms with E-state index in [2.05, 4.69) is 15.6 Å². The molecule has 2 aromatic heterocycles. The number of rotatable bonds is 5. The van der Waals surface area contributed by atoms with Gasteiger partial charge in [0.05, 0.1) is 21.3 Å². The van der Waals surface area contributed by atoms with Crippen molar-refractivity contribution in [3.8, 4) is 11.3 Å². The summed E-state index contributed by atoms with van der Waals surface area (Å²) in [6, 6.07) is 16.3. The molecule has 0 saturated heterocycles. The highest BCUT2D eigenvalue weighted by Gasteiger charge is 2.14. The highest BCUT2D eigenvalue weighted by atomic mass is 35.5. The molecule has 0 aliphatic rings. The number of aryl methyl sites for hydroxylation is 1. The smallest absolute Gasteiger partial charge is 0.265 e. The van der Waals surface area contributed by atoms with Gasteiger partial charge in [0, 0.05) is 16.5 Å². The summed E-state index contributed by atoms with van der Waals surface area (Å²) in [5.41, 5.74) is 3.71. The second-order valence-electron chi connectivity index (χ2n) is 6.48. The lowest BCUT2D eigenvalue weighted by atomic mass is 10.1. The molecule has 0 aliphatic carbocycles. The number of hydrogen-bond donors (Lipinski definition) is 2. The van der Waals surface area contributed by atoms with Crippen LogP contribution in [0.15, 0.2) is 65.4 Å². The topological polar surface area (TPSA) is 71.1 Å². The van der Waals surface area contributed by atoms with Crippen molar-refractivity contribution in [3.05, 3.63) is 86.4 Å². The van der Waals surface area contributed by atoms with E-state index in [-0.39, 0.29) is 11.8 Å². The number of amides is 2. The van der Waals surface area contributed by atoms with Crippen LogP contribution < -0.4 is 10.6 Å². The van der Waals surface area contributed by atoms with Crippen molar-refractivity contribution < 1.29 is 9.59 Å². The molecular weight excluding hydrogens is 438 g/mol. The van der Waals surface area contributed by atoms with Crippen molar-refractivity contribution in [2.24, 2.45) is 0 Å². The number of carbonyl (C=O) groups excluding carboxylic acids is 2. The third kappa shape index (κ3) is 4.59. The van der Waals surface area contributed by atoms with Crippen LogP contribution >= 0.6 is 34.3 Å². The third-order valence-corrected chi connectivity index (χ3v) is 6.25. The van der Waals surface area contributed by atoms with Gasteiger partial charge in [0.1, 0.15) is 0 Å². The average Bonchev–Trinajstić information content (AvgIpc) is 3.42. The molecule has 0 spiro atoms. The Morgan fingerprint density at radius 3 is 2.50 bits per heavy atom. The molecule has 0 saturated carbocycles. The minimum Gasteiger partial charge on any atom is -0.320 e. The van der Waals surface area contributed by atoms with E-state index in [4.69, 9.17) is 11.6 Å². The summed E-state index contributed by atoms with van der Waals surface area (Å²) in [6.45, 7) is 2.03. The van der Waals surface area contributed by atoms with E-state index in [0.29, 0.717) is 26.3 Å². The fourth-order valence-electron chi connectivity index (χ4n) is 2.71. The molecule has 0 radical (unpaired) electrons. The quantitative estimate of drug-likeness (QED) is 0.370. The molecule has 0 aliphatic heterocycles. The lowest BCUT2D eigenvalue weighted by Gasteiger charge is -2.09. The van der Waals surface area contributed by atoms with Crippen molar-refractivity contribution in [2.75, 3.05) is 10.6 Å². The van der Waals surface area contributed by atoms with E-state index in [1.54, 1.807) is 30.3 Å². The number of benzene rings is 2. The maximum absolute atomic E-state index is 12.7. The van der Waals surface area contributed by atoms with Crippen molar-refractivity contribution >= 4 is 56.9 Å². The fourth-order valence-corrected chi connectivity index (χ4v) is 4.21. The number of thiazole rings is 1. The summed E-state index contributed by atoms with van der Waals surface area (Å²) in [6.07, 6.45) is 0. The SMILES string of the molecule is Cc1ccc(-c2csc(NC(=O)c3ccc(Cl)c(NC(=O)c4cccs4)c3)n2)cc1. The molecule has 2 amide bonds. The molecule has 5 nitrogen and oxygen atoms in total. The largest absolute Gasteiger partial charge is 0.320 e. The molecule has 0 fully saturated rings. The summed E-state index contributed by atoms with van der Waals surface area (Å²) in [5.74, 6) is -0.602. The van der Waals surface area contributed by atoms with E-state index in [0.717, 1.165) is 11.3 Å². The zero-order valence-corrected chi connectivity index (χ0v) is 18.2. The molecule has 2 aromatic carbocycles. The Bertz CT molecular complexity index is 1200. The van der Waals surface area contributed by atoms with Gasteiger partial charge in [-0.25, -0.2) is 4.98 Å². The van der Waals surface area contributed by atoms with Gasteiger partial charge < -0.3 is 5.32 Å². The molecule has 0 atom stereocenters. The monoisotopic (exact) mass is 453 g/mol. The van der Waals surface area contributed by atoms with Gasteiger partial charge in [0.25, 0.3) is 11.8 Å². The number of anilines is 2. The first-order valence-electron chi connectivity index (χ1n) is 8.98. The van der Waals surface area contributed by atoms with Crippen LogP contribution in [0.3, 0.4) is 0 Å². The maximum Gasteiger partial charge on any atom is 0.265 e. The van der Waals surface area contributed by atoms with Gasteiger partial charge in [0.15, 0.2) is 5.13 Å². The van der Waals surface area contributed by atoms with Crippen molar-refractivity contribution in [1.82, 2.24) is 4.98 Å². The van der Waals surface area contributed by atoms with Gasteiger partial charge in [-0.2, -0.15) is 0 Å². The molecule has 30 heavy (non-hydrogen) atoms. The van der Waals surface area contributed by atoms with E-state index in [1.165, 1.54) is 28.2 Å². The van der Waals surface area contributed by atoms with E-state index in [9.17, 15) is 9.59 Å². The summed E-state index contributed by atoms with van der Waals surface area (Å²) in [5, 5.41) is 10.1. The Hall–Kier alpha value is -3.00. The molecule has 150 valence electrons. The van der Waals surface area contributed by atoms with Crippen LogP contribution in [-0.4, -0.2) is 16.8 Å². The lowest BCUT2D eigenvalue weighted by molar-refractivity contribution is 0.101. The number of carbonyl (C=O) groups is 2. The Morgan fingerprint density at radius 1 is 0.967 bits per heavy atom. The number of thiophene rings is 1. The highest BCUT2D eigenvalue weighted by molar-refractivity contribution is 7.14.